The molecule has 2 aromatic carbocycles. The zero-order valence-electron chi connectivity index (χ0n) is 10.7. The van der Waals surface area contributed by atoms with E-state index in [1.165, 1.54) is 19.2 Å². The second-order valence-electron chi connectivity index (χ2n) is 4.00. The van der Waals surface area contributed by atoms with Gasteiger partial charge in [-0.2, -0.15) is 0 Å². The molecule has 0 amide bonds. The van der Waals surface area contributed by atoms with Crippen LogP contribution in [0.25, 0.3) is 0 Å². The molecule has 21 heavy (non-hydrogen) atoms. The summed E-state index contributed by atoms with van der Waals surface area (Å²) in [7, 11) is -2.92. The number of hydrogen-bond acceptors (Lipinski definition) is 3. The van der Waals surface area contributed by atoms with Crippen molar-refractivity contribution in [3.63, 3.8) is 0 Å². The molecule has 1 N–H and O–H groups in total. The maximum absolute atomic E-state index is 13.6. The molecule has 2 aromatic rings. The Morgan fingerprint density at radius 2 is 1.86 bits per heavy atom. The molecule has 8 heteroatoms. The van der Waals surface area contributed by atoms with Gasteiger partial charge < -0.3 is 4.74 Å². The molecular weight excluding hydrogens is 324 g/mol. The molecule has 0 fully saturated rings. The van der Waals surface area contributed by atoms with Crippen LogP contribution in [-0.4, -0.2) is 15.5 Å². The van der Waals surface area contributed by atoms with Crippen molar-refractivity contribution in [3.8, 4) is 5.75 Å². The van der Waals surface area contributed by atoms with E-state index in [-0.39, 0.29) is 21.4 Å². The van der Waals surface area contributed by atoms with Gasteiger partial charge in [0.25, 0.3) is 10.0 Å². The molecule has 0 unspecified atom stereocenters. The van der Waals surface area contributed by atoms with E-state index in [0.717, 1.165) is 24.3 Å². The minimum atomic E-state index is -4.13. The molecule has 0 aliphatic rings. The zero-order chi connectivity index (χ0) is 15.6. The van der Waals surface area contributed by atoms with Crippen LogP contribution in [0, 0.1) is 11.6 Å². The van der Waals surface area contributed by atoms with E-state index >= 15 is 0 Å². The molecule has 0 saturated carbocycles. The van der Waals surface area contributed by atoms with Crippen LogP contribution in [0.15, 0.2) is 41.3 Å². The lowest BCUT2D eigenvalue weighted by Gasteiger charge is -2.11. The Labute approximate surface area is 125 Å². The van der Waals surface area contributed by atoms with Gasteiger partial charge >= 0.3 is 0 Å². The van der Waals surface area contributed by atoms with E-state index in [2.05, 4.69) is 0 Å². The second-order valence-corrected chi connectivity index (χ2v) is 6.09. The summed E-state index contributed by atoms with van der Waals surface area (Å²) in [5.41, 5.74) is -0.373. The molecule has 0 aromatic heterocycles. The molecule has 0 radical (unpaired) electrons. The SMILES string of the molecule is COc1cc(S(=O)(=O)Nc2c(F)cccc2Cl)ccc1F. The molecule has 0 bridgehead atoms. The van der Waals surface area contributed by atoms with Gasteiger partial charge in [0, 0.05) is 6.07 Å². The van der Waals surface area contributed by atoms with E-state index < -0.39 is 21.7 Å². The minimum Gasteiger partial charge on any atom is -0.494 e. The van der Waals surface area contributed by atoms with Crippen molar-refractivity contribution in [2.45, 2.75) is 4.90 Å². The number of benzene rings is 2. The molecule has 4 nitrogen and oxygen atoms in total. The summed E-state index contributed by atoms with van der Waals surface area (Å²) in [5.74, 6) is -1.77. The average Bonchev–Trinajstić information content (AvgIpc) is 2.43. The van der Waals surface area contributed by atoms with Crippen molar-refractivity contribution in [1.82, 2.24) is 0 Å². The van der Waals surface area contributed by atoms with Crippen LogP contribution in [0.3, 0.4) is 0 Å². The first kappa shape index (κ1) is 15.5. The fourth-order valence-electron chi connectivity index (χ4n) is 1.60. The van der Waals surface area contributed by atoms with Crippen LogP contribution >= 0.6 is 11.6 Å². The van der Waals surface area contributed by atoms with E-state index in [1.54, 1.807) is 0 Å². The lowest BCUT2D eigenvalue weighted by Crippen LogP contribution is -2.14. The first-order valence-electron chi connectivity index (χ1n) is 5.65. The monoisotopic (exact) mass is 333 g/mol. The number of para-hydroxylation sites is 1. The summed E-state index contributed by atoms with van der Waals surface area (Å²) >= 11 is 5.76. The van der Waals surface area contributed by atoms with E-state index in [9.17, 15) is 17.2 Å². The molecule has 0 spiro atoms. The van der Waals surface area contributed by atoms with Crippen LogP contribution in [-0.2, 0) is 10.0 Å². The van der Waals surface area contributed by atoms with Gasteiger partial charge in [-0.15, -0.1) is 0 Å². The van der Waals surface area contributed by atoms with Gasteiger partial charge in [-0.05, 0) is 24.3 Å². The van der Waals surface area contributed by atoms with Gasteiger partial charge in [0.05, 0.1) is 17.0 Å². The van der Waals surface area contributed by atoms with Crippen molar-refractivity contribution in [3.05, 3.63) is 53.1 Å². The minimum absolute atomic E-state index is 0.0901. The van der Waals surface area contributed by atoms with E-state index in [0.29, 0.717) is 0 Å². The second kappa shape index (κ2) is 5.87. The third-order valence-corrected chi connectivity index (χ3v) is 4.29. The first-order valence-corrected chi connectivity index (χ1v) is 7.51. The smallest absolute Gasteiger partial charge is 0.262 e. The Hall–Kier alpha value is -1.86. The topological polar surface area (TPSA) is 55.4 Å². The van der Waals surface area contributed by atoms with Gasteiger partial charge in [0.15, 0.2) is 11.6 Å². The Balaban J connectivity index is 2.44. The van der Waals surface area contributed by atoms with Crippen molar-refractivity contribution in [2.24, 2.45) is 0 Å². The Morgan fingerprint density at radius 3 is 2.48 bits per heavy atom. The number of sulfonamides is 1. The highest BCUT2D eigenvalue weighted by molar-refractivity contribution is 7.92. The molecule has 0 aliphatic heterocycles. The largest absolute Gasteiger partial charge is 0.494 e. The lowest BCUT2D eigenvalue weighted by molar-refractivity contribution is 0.385. The predicted molar refractivity (Wildman–Crippen MR) is 75.2 cm³/mol. The highest BCUT2D eigenvalue weighted by Crippen LogP contribution is 2.28. The van der Waals surface area contributed by atoms with Crippen molar-refractivity contribution in [2.75, 3.05) is 11.8 Å². The van der Waals surface area contributed by atoms with Crippen molar-refractivity contribution >= 4 is 27.3 Å². The molecule has 0 heterocycles. The van der Waals surface area contributed by atoms with Gasteiger partial charge in [-0.1, -0.05) is 17.7 Å². The molecule has 0 atom stereocenters. The Morgan fingerprint density at radius 1 is 1.14 bits per heavy atom. The number of nitrogens with one attached hydrogen (secondary N) is 1. The number of methoxy groups -OCH3 is 1. The summed E-state index contributed by atoms with van der Waals surface area (Å²) in [6.45, 7) is 0. The summed E-state index contributed by atoms with van der Waals surface area (Å²) in [6.07, 6.45) is 0. The van der Waals surface area contributed by atoms with Crippen LogP contribution in [0.2, 0.25) is 5.02 Å². The van der Waals surface area contributed by atoms with Gasteiger partial charge in [-0.25, -0.2) is 17.2 Å². The summed E-state index contributed by atoms with van der Waals surface area (Å²) < 4.78 is 58.0. The van der Waals surface area contributed by atoms with Gasteiger partial charge in [-0.3, -0.25) is 4.72 Å². The number of hydrogen-bond donors (Lipinski definition) is 1. The third kappa shape index (κ3) is 3.25. The third-order valence-electron chi connectivity index (χ3n) is 2.63. The molecular formula is C13H10ClF2NO3S. The fourth-order valence-corrected chi connectivity index (χ4v) is 2.97. The van der Waals surface area contributed by atoms with Crippen molar-refractivity contribution in [1.29, 1.82) is 0 Å². The van der Waals surface area contributed by atoms with Crippen LogP contribution in [0.1, 0.15) is 0 Å². The standard InChI is InChI=1S/C13H10ClF2NO3S/c1-20-12-7-8(5-6-10(12)15)21(18,19)17-13-9(14)3-2-4-11(13)16/h2-7,17H,1H3. The quantitative estimate of drug-likeness (QED) is 0.932. The summed E-state index contributed by atoms with van der Waals surface area (Å²) in [5, 5.41) is -0.0901. The summed E-state index contributed by atoms with van der Waals surface area (Å²) in [6, 6.07) is 6.72. The first-order chi connectivity index (χ1) is 9.85. The average molecular weight is 334 g/mol. The van der Waals surface area contributed by atoms with Gasteiger partial charge in [0.2, 0.25) is 0 Å². The maximum Gasteiger partial charge on any atom is 0.262 e. The number of ether oxygens (including phenoxy) is 1. The lowest BCUT2D eigenvalue weighted by atomic mass is 10.3. The molecule has 0 saturated heterocycles. The highest BCUT2D eigenvalue weighted by Gasteiger charge is 2.20. The van der Waals surface area contributed by atoms with Crippen LogP contribution in [0.5, 0.6) is 5.75 Å². The number of halogens is 3. The maximum atomic E-state index is 13.6. The van der Waals surface area contributed by atoms with Crippen LogP contribution < -0.4 is 9.46 Å². The zero-order valence-corrected chi connectivity index (χ0v) is 12.3. The fraction of sp³-hybridized carbons (Fsp3) is 0.0769. The molecule has 112 valence electrons. The predicted octanol–water partition coefficient (Wildman–Crippen LogP) is 3.43. The number of rotatable bonds is 4. The van der Waals surface area contributed by atoms with Crippen LogP contribution in [0.4, 0.5) is 14.5 Å². The highest BCUT2D eigenvalue weighted by atomic mass is 35.5. The van der Waals surface area contributed by atoms with Crippen molar-refractivity contribution < 1.29 is 21.9 Å². The Kier molecular flexibility index (Phi) is 4.34. The number of anilines is 1. The Bertz CT molecular complexity index is 761. The van der Waals surface area contributed by atoms with E-state index in [1.807, 2.05) is 4.72 Å². The summed E-state index contributed by atoms with van der Waals surface area (Å²) in [4.78, 5) is -0.278. The van der Waals surface area contributed by atoms with Gasteiger partial charge in [0.1, 0.15) is 11.5 Å². The molecule has 2 rings (SSSR count). The normalized spacial score (nSPS) is 11.2. The molecule has 0 aliphatic carbocycles. The van der Waals surface area contributed by atoms with E-state index in [4.69, 9.17) is 16.3 Å².